The van der Waals surface area contributed by atoms with Crippen LogP contribution >= 0.6 is 12.4 Å². The number of carbonyl (C=O) groups excluding carboxylic acids is 2. The summed E-state index contributed by atoms with van der Waals surface area (Å²) in [6, 6.07) is 0.423. The van der Waals surface area contributed by atoms with Crippen molar-refractivity contribution in [2.45, 2.75) is 45.1 Å². The molecule has 3 fully saturated rings. The van der Waals surface area contributed by atoms with Crippen LogP contribution < -0.4 is 10.6 Å². The lowest BCUT2D eigenvalue weighted by atomic mass is 9.92. The molecule has 0 aromatic rings. The molecule has 0 spiro atoms. The average molecular weight is 359 g/mol. The first-order valence-electron chi connectivity index (χ1n) is 9.20. The van der Waals surface area contributed by atoms with Crippen molar-refractivity contribution < 1.29 is 9.59 Å². The molecule has 0 saturated carbocycles. The number of carbonyl (C=O) groups is 2. The molecule has 0 bridgehead atoms. The van der Waals surface area contributed by atoms with Gasteiger partial charge in [-0.3, -0.25) is 4.79 Å². The zero-order valence-electron chi connectivity index (χ0n) is 14.6. The lowest BCUT2D eigenvalue weighted by molar-refractivity contribution is -0.127. The third kappa shape index (κ3) is 4.54. The summed E-state index contributed by atoms with van der Waals surface area (Å²) in [6.07, 6.45) is 4.95. The maximum atomic E-state index is 12.5. The molecule has 3 aliphatic rings. The number of nitrogens with one attached hydrogen (secondary N) is 2. The third-order valence-corrected chi connectivity index (χ3v) is 5.67. The van der Waals surface area contributed by atoms with Crippen LogP contribution in [0.25, 0.3) is 0 Å². The first kappa shape index (κ1) is 19.3. The highest BCUT2D eigenvalue weighted by molar-refractivity contribution is 5.85. The Hall–Kier alpha value is -1.01. The van der Waals surface area contributed by atoms with E-state index < -0.39 is 0 Å². The van der Waals surface area contributed by atoms with Crippen LogP contribution in [0.15, 0.2) is 0 Å². The lowest BCUT2D eigenvalue weighted by Crippen LogP contribution is -2.53. The Bertz CT molecular complexity index is 434. The van der Waals surface area contributed by atoms with Crippen LogP contribution in [-0.2, 0) is 4.79 Å². The SMILES string of the molecule is CC1CCNCC1NC(=O)C1CCN(C(=O)N2CCCC2)CC1.Cl. The van der Waals surface area contributed by atoms with Gasteiger partial charge in [-0.05, 0) is 44.6 Å². The predicted octanol–water partition coefficient (Wildman–Crippen LogP) is 1.45. The normalized spacial score (nSPS) is 28.4. The molecule has 0 aromatic heterocycles. The van der Waals surface area contributed by atoms with Gasteiger partial charge in [0.1, 0.15) is 0 Å². The van der Waals surface area contributed by atoms with Crippen molar-refractivity contribution in [3.63, 3.8) is 0 Å². The molecule has 3 amide bonds. The van der Waals surface area contributed by atoms with Crippen molar-refractivity contribution in [2.24, 2.45) is 11.8 Å². The fourth-order valence-corrected chi connectivity index (χ4v) is 3.92. The fraction of sp³-hybridized carbons (Fsp3) is 0.882. The molecule has 3 aliphatic heterocycles. The van der Waals surface area contributed by atoms with Gasteiger partial charge in [0.15, 0.2) is 0 Å². The molecule has 3 saturated heterocycles. The Morgan fingerprint density at radius 3 is 2.25 bits per heavy atom. The first-order chi connectivity index (χ1) is 11.1. The van der Waals surface area contributed by atoms with Gasteiger partial charge in [0.05, 0.1) is 0 Å². The molecular formula is C17H31ClN4O2. The number of amides is 3. The van der Waals surface area contributed by atoms with Crippen molar-refractivity contribution in [1.29, 1.82) is 0 Å². The number of piperidine rings is 2. The quantitative estimate of drug-likeness (QED) is 0.785. The molecule has 24 heavy (non-hydrogen) atoms. The lowest BCUT2D eigenvalue weighted by Gasteiger charge is -2.36. The largest absolute Gasteiger partial charge is 0.352 e. The third-order valence-electron chi connectivity index (χ3n) is 5.67. The molecule has 0 aliphatic carbocycles. The zero-order valence-corrected chi connectivity index (χ0v) is 15.4. The van der Waals surface area contributed by atoms with E-state index in [4.69, 9.17) is 0 Å². The van der Waals surface area contributed by atoms with Gasteiger partial charge < -0.3 is 20.4 Å². The van der Waals surface area contributed by atoms with E-state index in [2.05, 4.69) is 17.6 Å². The van der Waals surface area contributed by atoms with Crippen LogP contribution in [0.2, 0.25) is 0 Å². The Morgan fingerprint density at radius 2 is 1.62 bits per heavy atom. The topological polar surface area (TPSA) is 64.7 Å². The minimum atomic E-state index is 0. The summed E-state index contributed by atoms with van der Waals surface area (Å²) in [4.78, 5) is 28.8. The van der Waals surface area contributed by atoms with E-state index >= 15 is 0 Å². The van der Waals surface area contributed by atoms with E-state index in [0.717, 1.165) is 58.3 Å². The second kappa shape index (κ2) is 8.90. The van der Waals surface area contributed by atoms with E-state index in [1.807, 2.05) is 9.80 Å². The highest BCUT2D eigenvalue weighted by atomic mass is 35.5. The summed E-state index contributed by atoms with van der Waals surface area (Å²) in [7, 11) is 0. The van der Waals surface area contributed by atoms with Crippen LogP contribution in [-0.4, -0.2) is 67.0 Å². The van der Waals surface area contributed by atoms with E-state index in [1.54, 1.807) is 0 Å². The number of likely N-dealkylation sites (tertiary alicyclic amines) is 2. The molecule has 0 aromatic carbocycles. The van der Waals surface area contributed by atoms with Gasteiger partial charge in [0.25, 0.3) is 0 Å². The zero-order chi connectivity index (χ0) is 16.2. The van der Waals surface area contributed by atoms with Crippen LogP contribution in [0, 0.1) is 11.8 Å². The molecular weight excluding hydrogens is 328 g/mol. The number of hydrogen-bond donors (Lipinski definition) is 2. The Balaban J connectivity index is 0.00000208. The standard InChI is InChI=1S/C17H30N4O2.ClH/c1-13-4-7-18-12-15(13)19-16(22)14-5-10-21(11-6-14)17(23)20-8-2-3-9-20;/h13-15,18H,2-12H2,1H3,(H,19,22);1H. The monoisotopic (exact) mass is 358 g/mol. The van der Waals surface area contributed by atoms with Gasteiger partial charge in [-0.1, -0.05) is 6.92 Å². The number of rotatable bonds is 2. The molecule has 7 heteroatoms. The predicted molar refractivity (Wildman–Crippen MR) is 96.3 cm³/mol. The first-order valence-corrected chi connectivity index (χ1v) is 9.20. The summed E-state index contributed by atoms with van der Waals surface area (Å²) in [5.41, 5.74) is 0. The van der Waals surface area contributed by atoms with E-state index in [1.165, 1.54) is 0 Å². The summed E-state index contributed by atoms with van der Waals surface area (Å²) in [5.74, 6) is 0.780. The Morgan fingerprint density at radius 1 is 1.00 bits per heavy atom. The van der Waals surface area contributed by atoms with E-state index in [-0.39, 0.29) is 36.3 Å². The second-order valence-electron chi connectivity index (χ2n) is 7.32. The van der Waals surface area contributed by atoms with Crippen molar-refractivity contribution >= 4 is 24.3 Å². The average Bonchev–Trinajstić information content (AvgIpc) is 3.11. The van der Waals surface area contributed by atoms with Gasteiger partial charge in [-0.25, -0.2) is 4.79 Å². The molecule has 0 radical (unpaired) electrons. The number of urea groups is 1. The van der Waals surface area contributed by atoms with Gasteiger partial charge in [0, 0.05) is 44.7 Å². The fourth-order valence-electron chi connectivity index (χ4n) is 3.92. The van der Waals surface area contributed by atoms with Crippen LogP contribution in [0.4, 0.5) is 4.79 Å². The number of halogens is 1. The minimum Gasteiger partial charge on any atom is -0.352 e. The van der Waals surface area contributed by atoms with Crippen molar-refractivity contribution in [2.75, 3.05) is 39.3 Å². The van der Waals surface area contributed by atoms with Crippen LogP contribution in [0.5, 0.6) is 0 Å². The maximum absolute atomic E-state index is 12.5. The molecule has 2 unspecified atom stereocenters. The van der Waals surface area contributed by atoms with E-state index in [9.17, 15) is 9.59 Å². The molecule has 3 rings (SSSR count). The summed E-state index contributed by atoms with van der Waals surface area (Å²) in [5, 5.41) is 6.58. The van der Waals surface area contributed by atoms with Gasteiger partial charge in [-0.15, -0.1) is 12.4 Å². The molecule has 3 heterocycles. The highest BCUT2D eigenvalue weighted by Crippen LogP contribution is 2.21. The molecule has 6 nitrogen and oxygen atoms in total. The second-order valence-corrected chi connectivity index (χ2v) is 7.32. The summed E-state index contributed by atoms with van der Waals surface area (Å²) < 4.78 is 0. The summed E-state index contributed by atoms with van der Waals surface area (Å²) in [6.45, 7) is 7.35. The van der Waals surface area contributed by atoms with Gasteiger partial charge in [-0.2, -0.15) is 0 Å². The minimum absolute atomic E-state index is 0. The Kier molecular flexibility index (Phi) is 7.16. The van der Waals surface area contributed by atoms with E-state index in [0.29, 0.717) is 19.0 Å². The van der Waals surface area contributed by atoms with Gasteiger partial charge in [0.2, 0.25) is 5.91 Å². The number of nitrogens with zero attached hydrogens (tertiary/aromatic N) is 2. The maximum Gasteiger partial charge on any atom is 0.319 e. The molecule has 2 N–H and O–H groups in total. The van der Waals surface area contributed by atoms with Crippen LogP contribution in [0.1, 0.15) is 39.0 Å². The smallest absolute Gasteiger partial charge is 0.319 e. The number of hydrogen-bond acceptors (Lipinski definition) is 3. The molecule has 138 valence electrons. The van der Waals surface area contributed by atoms with Crippen molar-refractivity contribution in [1.82, 2.24) is 20.4 Å². The molecule has 2 atom stereocenters. The van der Waals surface area contributed by atoms with Crippen LogP contribution in [0.3, 0.4) is 0 Å². The van der Waals surface area contributed by atoms with Crippen molar-refractivity contribution in [3.8, 4) is 0 Å². The highest BCUT2D eigenvalue weighted by Gasteiger charge is 2.32. The van der Waals surface area contributed by atoms with Crippen molar-refractivity contribution in [3.05, 3.63) is 0 Å². The summed E-state index contributed by atoms with van der Waals surface area (Å²) >= 11 is 0. The Labute approximate surface area is 151 Å². The van der Waals surface area contributed by atoms with Gasteiger partial charge >= 0.3 is 6.03 Å².